The molecule has 2 aliphatic rings. The van der Waals surface area contributed by atoms with Gasteiger partial charge in [0, 0.05) is 36.7 Å². The number of amides is 1. The van der Waals surface area contributed by atoms with Crippen LogP contribution >= 0.6 is 11.3 Å². The molecule has 234 valence electrons. The number of carbonyl (C=O) groups is 4. The van der Waals surface area contributed by atoms with Gasteiger partial charge in [-0.25, -0.2) is 0 Å². The fourth-order valence-corrected chi connectivity index (χ4v) is 6.53. The summed E-state index contributed by atoms with van der Waals surface area (Å²) in [6.07, 6.45) is 1.62. The zero-order valence-electron chi connectivity index (χ0n) is 24.8. The maximum atomic E-state index is 13.0. The van der Waals surface area contributed by atoms with Gasteiger partial charge in [0.1, 0.15) is 0 Å². The molecule has 1 aliphatic carbocycles. The standard InChI is InChI=1S/C32H35NO10S/c1-17(31(36)37)9-23(34)29-13-18-10-26(25(41-3)14-28(18)44-29)42-7-4-8-43-27-12-20-16-33(15-19(20)11-24(27)40-2)30(35)21-5-6-22(21)32(38)39/h10-14,17,21-22H,4-9,15-16H2,1-3H3,(H,36,37)(H,38,39)/t17?,21-,22-/m1/s1. The Labute approximate surface area is 258 Å². The summed E-state index contributed by atoms with van der Waals surface area (Å²) in [6, 6.07) is 9.10. The topological polar surface area (TPSA) is 149 Å². The van der Waals surface area contributed by atoms with E-state index in [1.165, 1.54) is 25.4 Å². The molecule has 1 aliphatic heterocycles. The Hall–Kier alpha value is -4.32. The van der Waals surface area contributed by atoms with E-state index >= 15 is 0 Å². The van der Waals surface area contributed by atoms with Gasteiger partial charge in [-0.05, 0) is 53.6 Å². The van der Waals surface area contributed by atoms with Gasteiger partial charge < -0.3 is 34.1 Å². The molecule has 5 rings (SSSR count). The quantitative estimate of drug-likeness (QED) is 0.185. The molecule has 3 aromatic rings. The van der Waals surface area contributed by atoms with Crippen molar-refractivity contribution < 1.29 is 48.3 Å². The normalized spacial score (nSPS) is 17.8. The van der Waals surface area contributed by atoms with E-state index in [9.17, 15) is 24.3 Å². The molecule has 3 atom stereocenters. The first-order chi connectivity index (χ1) is 21.1. The van der Waals surface area contributed by atoms with E-state index in [1.54, 1.807) is 24.1 Å². The number of nitrogens with zero attached hydrogens (tertiary/aromatic N) is 1. The van der Waals surface area contributed by atoms with E-state index in [4.69, 9.17) is 24.1 Å². The summed E-state index contributed by atoms with van der Waals surface area (Å²) in [4.78, 5) is 50.3. The minimum Gasteiger partial charge on any atom is -0.493 e. The van der Waals surface area contributed by atoms with Crippen LogP contribution in [0.1, 0.15) is 53.4 Å². The molecular weight excluding hydrogens is 590 g/mol. The number of Topliss-reactive ketones (excluding diaryl/α,β-unsaturated/α-hetero) is 1. The van der Waals surface area contributed by atoms with Gasteiger partial charge in [-0.1, -0.05) is 6.92 Å². The second-order valence-corrected chi connectivity index (χ2v) is 12.2. The van der Waals surface area contributed by atoms with Gasteiger partial charge in [0.15, 0.2) is 28.8 Å². The number of carboxylic acids is 2. The molecular formula is C32H35NO10S. The Morgan fingerprint density at radius 2 is 1.45 bits per heavy atom. The van der Waals surface area contributed by atoms with Gasteiger partial charge >= 0.3 is 11.9 Å². The molecule has 44 heavy (non-hydrogen) atoms. The van der Waals surface area contributed by atoms with Crippen LogP contribution in [0.5, 0.6) is 23.0 Å². The minimum atomic E-state index is -1.00. The smallest absolute Gasteiger partial charge is 0.307 e. The van der Waals surface area contributed by atoms with E-state index < -0.39 is 29.7 Å². The number of carboxylic acid groups (broad SMARTS) is 2. The maximum Gasteiger partial charge on any atom is 0.307 e. The lowest BCUT2D eigenvalue weighted by Gasteiger charge is -2.34. The number of ether oxygens (including phenoxy) is 4. The van der Waals surface area contributed by atoms with Crippen LogP contribution < -0.4 is 18.9 Å². The molecule has 1 amide bonds. The predicted molar refractivity (Wildman–Crippen MR) is 161 cm³/mol. The van der Waals surface area contributed by atoms with Crippen molar-refractivity contribution in [2.24, 2.45) is 17.8 Å². The highest BCUT2D eigenvalue weighted by Crippen LogP contribution is 2.40. The molecule has 0 bridgehead atoms. The number of aliphatic carboxylic acids is 2. The fourth-order valence-electron chi connectivity index (χ4n) is 5.51. The summed E-state index contributed by atoms with van der Waals surface area (Å²) in [5.41, 5.74) is 1.90. The van der Waals surface area contributed by atoms with Crippen LogP contribution in [0.4, 0.5) is 0 Å². The van der Waals surface area contributed by atoms with Crippen molar-refractivity contribution in [1.29, 1.82) is 0 Å². The number of methoxy groups -OCH3 is 2. The van der Waals surface area contributed by atoms with E-state index in [0.717, 1.165) is 21.2 Å². The average Bonchev–Trinajstić information content (AvgIpc) is 3.58. The van der Waals surface area contributed by atoms with Crippen LogP contribution in [0.2, 0.25) is 0 Å². The first-order valence-electron chi connectivity index (χ1n) is 14.4. The molecule has 1 aromatic heterocycles. The van der Waals surface area contributed by atoms with Crippen LogP contribution in [-0.4, -0.2) is 66.2 Å². The summed E-state index contributed by atoms with van der Waals surface area (Å²) in [6.45, 7) is 2.99. The van der Waals surface area contributed by atoms with Crippen molar-refractivity contribution in [1.82, 2.24) is 4.90 Å². The molecule has 0 radical (unpaired) electrons. The largest absolute Gasteiger partial charge is 0.493 e. The third kappa shape index (κ3) is 6.45. The lowest BCUT2D eigenvalue weighted by molar-refractivity contribution is -0.156. The van der Waals surface area contributed by atoms with Crippen LogP contribution in [-0.2, 0) is 27.5 Å². The van der Waals surface area contributed by atoms with E-state index in [0.29, 0.717) is 73.4 Å². The Kier molecular flexibility index (Phi) is 9.28. The number of benzene rings is 2. The molecule has 11 nitrogen and oxygen atoms in total. The first-order valence-corrected chi connectivity index (χ1v) is 15.3. The highest BCUT2D eigenvalue weighted by atomic mass is 32.1. The second kappa shape index (κ2) is 13.1. The lowest BCUT2D eigenvalue weighted by Crippen LogP contribution is -2.44. The predicted octanol–water partition coefficient (Wildman–Crippen LogP) is 5.01. The number of fused-ring (bicyclic) bond motifs is 2. The number of hydrogen-bond acceptors (Lipinski definition) is 9. The lowest BCUT2D eigenvalue weighted by atomic mass is 9.73. The third-order valence-electron chi connectivity index (χ3n) is 8.22. The summed E-state index contributed by atoms with van der Waals surface area (Å²) in [5.74, 6) is -1.93. The Balaban J connectivity index is 1.16. The Morgan fingerprint density at radius 1 is 0.864 bits per heavy atom. The van der Waals surface area contributed by atoms with Gasteiger partial charge in [-0.15, -0.1) is 11.3 Å². The van der Waals surface area contributed by atoms with Gasteiger partial charge in [0.05, 0.1) is 50.1 Å². The van der Waals surface area contributed by atoms with Crippen LogP contribution in [0.3, 0.4) is 0 Å². The zero-order chi connectivity index (χ0) is 31.5. The molecule has 0 saturated heterocycles. The van der Waals surface area contributed by atoms with Crippen LogP contribution in [0.15, 0.2) is 30.3 Å². The first kappa shape index (κ1) is 31.1. The van der Waals surface area contributed by atoms with Crippen molar-refractivity contribution in [2.45, 2.75) is 45.7 Å². The Bertz CT molecular complexity index is 1600. The molecule has 2 aromatic carbocycles. The SMILES string of the molecule is COc1cc2c(cc1OCCCOc1cc3cc(C(=O)CC(C)C(=O)O)sc3cc1OC)CN(C(=O)[C@@H]1CC[C@H]1C(=O)O)C2. The van der Waals surface area contributed by atoms with E-state index in [2.05, 4.69) is 0 Å². The number of hydrogen-bond donors (Lipinski definition) is 2. The van der Waals surface area contributed by atoms with Crippen molar-refractivity contribution in [3.05, 3.63) is 46.3 Å². The van der Waals surface area contributed by atoms with E-state index in [1.807, 2.05) is 18.2 Å². The highest BCUT2D eigenvalue weighted by Gasteiger charge is 2.44. The zero-order valence-corrected chi connectivity index (χ0v) is 25.6. The number of carbonyl (C=O) groups excluding carboxylic acids is 2. The summed E-state index contributed by atoms with van der Waals surface area (Å²) in [5, 5.41) is 19.3. The van der Waals surface area contributed by atoms with Gasteiger partial charge in [-0.2, -0.15) is 0 Å². The molecule has 2 heterocycles. The molecule has 12 heteroatoms. The monoisotopic (exact) mass is 625 g/mol. The minimum absolute atomic E-state index is 0.0677. The van der Waals surface area contributed by atoms with Crippen molar-refractivity contribution in [3.63, 3.8) is 0 Å². The number of ketones is 1. The third-order valence-corrected chi connectivity index (χ3v) is 9.36. The summed E-state index contributed by atoms with van der Waals surface area (Å²) < 4.78 is 23.9. The summed E-state index contributed by atoms with van der Waals surface area (Å²) in [7, 11) is 3.09. The second-order valence-electron chi connectivity index (χ2n) is 11.2. The van der Waals surface area contributed by atoms with Gasteiger partial charge in [0.2, 0.25) is 5.91 Å². The van der Waals surface area contributed by atoms with Crippen LogP contribution in [0, 0.1) is 17.8 Å². The maximum absolute atomic E-state index is 13.0. The highest BCUT2D eigenvalue weighted by molar-refractivity contribution is 7.20. The fraction of sp³-hybridized carbons (Fsp3) is 0.438. The molecule has 2 N–H and O–H groups in total. The van der Waals surface area contributed by atoms with Gasteiger partial charge in [-0.3, -0.25) is 19.2 Å². The van der Waals surface area contributed by atoms with Gasteiger partial charge in [0.25, 0.3) is 0 Å². The molecule has 1 fully saturated rings. The van der Waals surface area contributed by atoms with Crippen molar-refractivity contribution >= 4 is 45.1 Å². The number of thiophene rings is 1. The van der Waals surface area contributed by atoms with Crippen molar-refractivity contribution in [3.8, 4) is 23.0 Å². The summed E-state index contributed by atoms with van der Waals surface area (Å²) >= 11 is 1.29. The number of rotatable bonds is 14. The Morgan fingerprint density at radius 3 is 2.02 bits per heavy atom. The molecule has 0 spiro atoms. The van der Waals surface area contributed by atoms with Crippen LogP contribution in [0.25, 0.3) is 10.1 Å². The van der Waals surface area contributed by atoms with E-state index in [-0.39, 0.29) is 18.1 Å². The molecule has 1 saturated carbocycles. The molecule has 1 unspecified atom stereocenters. The van der Waals surface area contributed by atoms with Crippen molar-refractivity contribution in [2.75, 3.05) is 27.4 Å². The average molecular weight is 626 g/mol.